The Hall–Kier alpha value is -1.75. The van der Waals surface area contributed by atoms with Gasteiger partial charge in [0.25, 0.3) is 5.91 Å². The molecule has 0 fully saturated rings. The lowest BCUT2D eigenvalue weighted by Crippen LogP contribution is -2.34. The maximum absolute atomic E-state index is 12.0. The van der Waals surface area contributed by atoms with Gasteiger partial charge in [0.1, 0.15) is 0 Å². The summed E-state index contributed by atoms with van der Waals surface area (Å²) in [5, 5.41) is 0.310. The van der Waals surface area contributed by atoms with Gasteiger partial charge < -0.3 is 9.47 Å². The van der Waals surface area contributed by atoms with E-state index in [1.807, 2.05) is 6.07 Å². The number of benzene rings is 1. The van der Waals surface area contributed by atoms with E-state index in [1.54, 1.807) is 42.5 Å². The molecule has 1 aliphatic carbocycles. The zero-order valence-corrected chi connectivity index (χ0v) is 11.9. The lowest BCUT2D eigenvalue weighted by Gasteiger charge is -2.29. The van der Waals surface area contributed by atoms with Gasteiger partial charge in [-0.1, -0.05) is 29.8 Å². The molecule has 0 aromatic heterocycles. The molecule has 0 N–H and O–H groups in total. The van der Waals surface area contributed by atoms with Crippen LogP contribution in [0.2, 0.25) is 0 Å². The summed E-state index contributed by atoms with van der Waals surface area (Å²) in [6, 6.07) is 8.83. The van der Waals surface area contributed by atoms with Gasteiger partial charge in [0.2, 0.25) is 5.79 Å². The SMILES string of the molecule is COC1(OC)C=CC(=NC(=O)c2ccccc2)C=C1Cl. The number of hydrogen-bond acceptors (Lipinski definition) is 3. The molecule has 104 valence electrons. The van der Waals surface area contributed by atoms with E-state index in [0.717, 1.165) is 0 Å². The van der Waals surface area contributed by atoms with Gasteiger partial charge in [-0.3, -0.25) is 4.79 Å². The number of aliphatic imine (C=N–C) groups is 1. The number of carbonyl (C=O) groups excluding carboxylic acids is 1. The molecule has 0 spiro atoms. The predicted octanol–water partition coefficient (Wildman–Crippen LogP) is 2.95. The number of allylic oxidation sites excluding steroid dienone is 2. The van der Waals surface area contributed by atoms with Crippen molar-refractivity contribution in [3.63, 3.8) is 0 Å². The van der Waals surface area contributed by atoms with Crippen molar-refractivity contribution >= 4 is 23.2 Å². The molecule has 1 aromatic rings. The Morgan fingerprint density at radius 3 is 2.40 bits per heavy atom. The van der Waals surface area contributed by atoms with Gasteiger partial charge in [0.15, 0.2) is 0 Å². The number of nitrogens with zero attached hydrogens (tertiary/aromatic N) is 1. The topological polar surface area (TPSA) is 47.9 Å². The second-order valence-electron chi connectivity index (χ2n) is 4.11. The maximum atomic E-state index is 12.0. The van der Waals surface area contributed by atoms with Crippen molar-refractivity contribution in [2.24, 2.45) is 4.99 Å². The Labute approximate surface area is 122 Å². The lowest BCUT2D eigenvalue weighted by molar-refractivity contribution is -0.136. The number of methoxy groups -OCH3 is 2. The van der Waals surface area contributed by atoms with Crippen LogP contribution in [0, 0.1) is 0 Å². The standard InChI is InChI=1S/C15H14ClNO3/c1-19-15(20-2)9-8-12(10-13(15)16)17-14(18)11-6-4-3-5-7-11/h3-10H,1-2H3. The van der Waals surface area contributed by atoms with Crippen molar-refractivity contribution in [1.82, 2.24) is 0 Å². The summed E-state index contributed by atoms with van der Waals surface area (Å²) in [4.78, 5) is 16.0. The number of ether oxygens (including phenoxy) is 2. The monoisotopic (exact) mass is 291 g/mol. The van der Waals surface area contributed by atoms with Gasteiger partial charge in [-0.15, -0.1) is 0 Å². The molecule has 0 bridgehead atoms. The summed E-state index contributed by atoms with van der Waals surface area (Å²) in [5.41, 5.74) is 0.974. The Morgan fingerprint density at radius 1 is 1.20 bits per heavy atom. The molecule has 0 atom stereocenters. The highest BCUT2D eigenvalue weighted by Gasteiger charge is 2.33. The Kier molecular flexibility index (Phi) is 4.49. The predicted molar refractivity (Wildman–Crippen MR) is 78.0 cm³/mol. The zero-order chi connectivity index (χ0) is 14.6. The summed E-state index contributed by atoms with van der Waals surface area (Å²) in [5.74, 6) is -1.43. The fourth-order valence-electron chi connectivity index (χ4n) is 1.80. The third-order valence-corrected chi connectivity index (χ3v) is 3.31. The fourth-order valence-corrected chi connectivity index (χ4v) is 2.13. The van der Waals surface area contributed by atoms with Crippen molar-refractivity contribution in [2.45, 2.75) is 5.79 Å². The van der Waals surface area contributed by atoms with E-state index in [4.69, 9.17) is 21.1 Å². The minimum absolute atomic E-state index is 0.310. The molecule has 1 aliphatic rings. The average molecular weight is 292 g/mol. The van der Waals surface area contributed by atoms with Gasteiger partial charge in [0.05, 0.1) is 10.7 Å². The quantitative estimate of drug-likeness (QED) is 0.805. The largest absolute Gasteiger partial charge is 0.345 e. The summed E-state index contributed by atoms with van der Waals surface area (Å²) in [7, 11) is 2.97. The second kappa shape index (κ2) is 6.13. The molecule has 0 heterocycles. The first kappa shape index (κ1) is 14.7. The third-order valence-electron chi connectivity index (χ3n) is 2.94. The van der Waals surface area contributed by atoms with Gasteiger partial charge in [-0.25, -0.2) is 4.99 Å². The van der Waals surface area contributed by atoms with Crippen LogP contribution in [0.1, 0.15) is 10.4 Å². The van der Waals surface area contributed by atoms with Crippen molar-refractivity contribution in [3.05, 3.63) is 59.2 Å². The summed E-state index contributed by atoms with van der Waals surface area (Å²) >= 11 is 6.13. The molecular weight excluding hydrogens is 278 g/mol. The van der Waals surface area contributed by atoms with Crippen molar-refractivity contribution in [1.29, 1.82) is 0 Å². The van der Waals surface area contributed by atoms with Crippen LogP contribution in [-0.2, 0) is 9.47 Å². The Bertz CT molecular complexity index is 586. The molecule has 1 amide bonds. The summed E-state index contributed by atoms with van der Waals surface area (Å²) in [6.45, 7) is 0. The van der Waals surface area contributed by atoms with Crippen molar-refractivity contribution < 1.29 is 14.3 Å². The highest BCUT2D eigenvalue weighted by Crippen LogP contribution is 2.30. The normalized spacial score (nSPS) is 18.9. The van der Waals surface area contributed by atoms with E-state index in [0.29, 0.717) is 16.3 Å². The van der Waals surface area contributed by atoms with Crippen molar-refractivity contribution in [2.75, 3.05) is 14.2 Å². The van der Waals surface area contributed by atoms with Crippen LogP contribution < -0.4 is 0 Å². The highest BCUT2D eigenvalue weighted by atomic mass is 35.5. The van der Waals surface area contributed by atoms with Gasteiger partial charge in [-0.2, -0.15) is 0 Å². The molecule has 5 heteroatoms. The molecule has 0 unspecified atom stereocenters. The third kappa shape index (κ3) is 2.88. The minimum Gasteiger partial charge on any atom is -0.345 e. The number of rotatable bonds is 3. The van der Waals surface area contributed by atoms with Crippen LogP contribution in [0.4, 0.5) is 0 Å². The van der Waals surface area contributed by atoms with E-state index in [9.17, 15) is 4.79 Å². The second-order valence-corrected chi connectivity index (χ2v) is 4.52. The van der Waals surface area contributed by atoms with Crippen LogP contribution in [-0.4, -0.2) is 31.6 Å². The maximum Gasteiger partial charge on any atom is 0.277 e. The van der Waals surface area contributed by atoms with E-state index >= 15 is 0 Å². The smallest absolute Gasteiger partial charge is 0.277 e. The Balaban J connectivity index is 2.25. The van der Waals surface area contributed by atoms with E-state index in [2.05, 4.69) is 4.99 Å². The van der Waals surface area contributed by atoms with E-state index < -0.39 is 5.79 Å². The first-order chi connectivity index (χ1) is 9.61. The summed E-state index contributed by atoms with van der Waals surface area (Å²) in [6.07, 6.45) is 4.81. The van der Waals surface area contributed by atoms with Crippen LogP contribution in [0.25, 0.3) is 0 Å². The molecule has 2 rings (SSSR count). The van der Waals surface area contributed by atoms with E-state index in [1.165, 1.54) is 14.2 Å². The molecule has 0 saturated carbocycles. The van der Waals surface area contributed by atoms with Crippen LogP contribution >= 0.6 is 11.6 Å². The molecular formula is C15H14ClNO3. The molecule has 0 aliphatic heterocycles. The van der Waals surface area contributed by atoms with E-state index in [-0.39, 0.29) is 5.91 Å². The van der Waals surface area contributed by atoms with Crippen LogP contribution in [0.15, 0.2) is 58.6 Å². The fraction of sp³-hybridized carbons (Fsp3) is 0.200. The zero-order valence-electron chi connectivity index (χ0n) is 11.2. The number of halogens is 1. The number of hydrogen-bond donors (Lipinski definition) is 0. The summed E-state index contributed by atoms with van der Waals surface area (Å²) < 4.78 is 10.5. The van der Waals surface area contributed by atoms with Gasteiger partial charge >= 0.3 is 0 Å². The average Bonchev–Trinajstić information content (AvgIpc) is 2.49. The van der Waals surface area contributed by atoms with Gasteiger partial charge in [-0.05, 0) is 30.4 Å². The number of carbonyl (C=O) groups is 1. The Morgan fingerprint density at radius 2 is 1.85 bits per heavy atom. The molecule has 0 saturated heterocycles. The minimum atomic E-state index is -1.10. The number of amides is 1. The molecule has 20 heavy (non-hydrogen) atoms. The lowest BCUT2D eigenvalue weighted by atomic mass is 10.1. The molecule has 0 radical (unpaired) electrons. The highest BCUT2D eigenvalue weighted by molar-refractivity contribution is 6.34. The van der Waals surface area contributed by atoms with Crippen LogP contribution in [0.5, 0.6) is 0 Å². The first-order valence-corrected chi connectivity index (χ1v) is 6.34. The first-order valence-electron chi connectivity index (χ1n) is 5.96. The van der Waals surface area contributed by atoms with Crippen LogP contribution in [0.3, 0.4) is 0 Å². The van der Waals surface area contributed by atoms with Crippen molar-refractivity contribution in [3.8, 4) is 0 Å². The van der Waals surface area contributed by atoms with Gasteiger partial charge in [0, 0.05) is 19.8 Å². The molecule has 4 nitrogen and oxygen atoms in total. The molecule has 1 aromatic carbocycles.